The molecule has 0 aromatic heterocycles. The standard InChI is InChI=1S/C42H52O3/c1-4-33-20-21-35-38-36(23-25-41(33,35)2)42(3)24-22-34(43-27-30-14-8-5-9-15-30)26-37(42)39(44-28-31-16-10-6-11-17-31)40(38)45-29-32-18-12-7-13-19-32/h4-19,34-40H,20-29H2,1-3H3/b33-4-/t34-,35?,36?,37?,38?,39-,40-,41-,42-/m1/s1. The molecule has 4 fully saturated rings. The van der Waals surface area contributed by atoms with Gasteiger partial charge in [0.25, 0.3) is 0 Å². The molecule has 0 bridgehead atoms. The van der Waals surface area contributed by atoms with Crippen molar-refractivity contribution in [2.75, 3.05) is 0 Å². The second kappa shape index (κ2) is 13.2. The summed E-state index contributed by atoms with van der Waals surface area (Å²) in [6.07, 6.45) is 11.2. The van der Waals surface area contributed by atoms with Crippen LogP contribution in [0.5, 0.6) is 0 Å². The molecule has 0 saturated heterocycles. The number of rotatable bonds is 9. The van der Waals surface area contributed by atoms with Crippen LogP contribution in [0.25, 0.3) is 0 Å². The van der Waals surface area contributed by atoms with Crippen LogP contribution in [-0.4, -0.2) is 18.3 Å². The van der Waals surface area contributed by atoms with Gasteiger partial charge in [-0.3, -0.25) is 0 Å². The van der Waals surface area contributed by atoms with Gasteiger partial charge in [0, 0.05) is 0 Å². The lowest BCUT2D eigenvalue weighted by atomic mass is 9.43. The summed E-state index contributed by atoms with van der Waals surface area (Å²) < 4.78 is 21.1. The summed E-state index contributed by atoms with van der Waals surface area (Å²) >= 11 is 0. The zero-order valence-electron chi connectivity index (χ0n) is 27.6. The van der Waals surface area contributed by atoms with Gasteiger partial charge in [-0.15, -0.1) is 0 Å². The quantitative estimate of drug-likeness (QED) is 0.228. The van der Waals surface area contributed by atoms with Gasteiger partial charge in [-0.05, 0) is 103 Å². The predicted octanol–water partition coefficient (Wildman–Crippen LogP) is 9.95. The molecule has 4 saturated carbocycles. The fraction of sp³-hybridized carbons (Fsp3) is 0.524. The molecule has 9 atom stereocenters. The van der Waals surface area contributed by atoms with Gasteiger partial charge in [0.2, 0.25) is 0 Å². The topological polar surface area (TPSA) is 27.7 Å². The molecule has 3 aromatic carbocycles. The molecule has 0 spiro atoms. The molecular formula is C42H52O3. The number of ether oxygens (including phenoxy) is 3. The van der Waals surface area contributed by atoms with Crippen LogP contribution in [0.15, 0.2) is 103 Å². The van der Waals surface area contributed by atoms with E-state index in [0.717, 1.165) is 12.8 Å². The van der Waals surface area contributed by atoms with Crippen molar-refractivity contribution in [2.45, 2.75) is 104 Å². The van der Waals surface area contributed by atoms with Crippen LogP contribution in [0, 0.1) is 34.5 Å². The number of fused-ring (bicyclic) bond motifs is 5. The van der Waals surface area contributed by atoms with E-state index in [-0.39, 0.29) is 29.1 Å². The zero-order valence-corrected chi connectivity index (χ0v) is 27.6. The third-order valence-corrected chi connectivity index (χ3v) is 12.7. The summed E-state index contributed by atoms with van der Waals surface area (Å²) in [5.74, 6) is 2.17. The average molecular weight is 605 g/mol. The first-order valence-corrected chi connectivity index (χ1v) is 17.6. The van der Waals surface area contributed by atoms with Crippen molar-refractivity contribution in [1.82, 2.24) is 0 Å². The first-order chi connectivity index (χ1) is 22.0. The SMILES string of the molecule is C/C=C1/CCC2C3C(CC[C@]12C)[C@@]1(C)CC[C@@H](OCc2ccccc2)CC1[C@@H](OCc1ccccc1)[C@@H]3OCc1ccccc1. The summed E-state index contributed by atoms with van der Waals surface area (Å²) in [5.41, 5.74) is 5.90. The molecule has 0 aliphatic heterocycles. The Kier molecular flexibility index (Phi) is 9.05. The molecule has 3 nitrogen and oxygen atoms in total. The maximum absolute atomic E-state index is 7.23. The van der Waals surface area contributed by atoms with Crippen molar-refractivity contribution >= 4 is 0 Å². The first-order valence-electron chi connectivity index (χ1n) is 17.6. The zero-order chi connectivity index (χ0) is 30.9. The van der Waals surface area contributed by atoms with Crippen LogP contribution < -0.4 is 0 Å². The molecular weight excluding hydrogens is 552 g/mol. The van der Waals surface area contributed by atoms with E-state index in [4.69, 9.17) is 14.2 Å². The Morgan fingerprint density at radius 1 is 0.622 bits per heavy atom. The third-order valence-electron chi connectivity index (χ3n) is 12.7. The Morgan fingerprint density at radius 3 is 1.76 bits per heavy atom. The average Bonchev–Trinajstić information content (AvgIpc) is 3.43. The van der Waals surface area contributed by atoms with Gasteiger partial charge in [0.1, 0.15) is 0 Å². The van der Waals surface area contributed by atoms with Crippen LogP contribution in [-0.2, 0) is 34.0 Å². The van der Waals surface area contributed by atoms with Gasteiger partial charge in [-0.1, -0.05) is 116 Å². The van der Waals surface area contributed by atoms with Crippen LogP contribution >= 0.6 is 0 Å². The van der Waals surface area contributed by atoms with Crippen LogP contribution in [0.3, 0.4) is 0 Å². The van der Waals surface area contributed by atoms with Crippen molar-refractivity contribution in [3.63, 3.8) is 0 Å². The van der Waals surface area contributed by atoms with E-state index in [1.807, 2.05) is 0 Å². The summed E-state index contributed by atoms with van der Waals surface area (Å²) in [6.45, 7) is 9.40. The Morgan fingerprint density at radius 2 is 1.18 bits per heavy atom. The van der Waals surface area contributed by atoms with Crippen LogP contribution in [0.4, 0.5) is 0 Å². The number of benzene rings is 3. The molecule has 4 unspecified atom stereocenters. The van der Waals surface area contributed by atoms with Crippen molar-refractivity contribution in [3.05, 3.63) is 119 Å². The first kappa shape index (κ1) is 30.9. The summed E-state index contributed by atoms with van der Waals surface area (Å²) in [7, 11) is 0. The van der Waals surface area contributed by atoms with E-state index < -0.39 is 0 Å². The lowest BCUT2D eigenvalue weighted by Crippen LogP contribution is -2.65. The van der Waals surface area contributed by atoms with Gasteiger partial charge >= 0.3 is 0 Å². The molecule has 0 amide bonds. The van der Waals surface area contributed by atoms with E-state index in [9.17, 15) is 0 Å². The second-order valence-electron chi connectivity index (χ2n) is 14.9. The van der Waals surface area contributed by atoms with E-state index in [1.54, 1.807) is 5.57 Å². The maximum Gasteiger partial charge on any atom is 0.0878 e. The fourth-order valence-corrected chi connectivity index (χ4v) is 10.4. The molecule has 4 aliphatic rings. The van der Waals surface area contributed by atoms with Gasteiger partial charge in [0.15, 0.2) is 0 Å². The number of hydrogen-bond acceptors (Lipinski definition) is 3. The molecule has 0 radical (unpaired) electrons. The van der Waals surface area contributed by atoms with E-state index in [1.165, 1.54) is 48.8 Å². The highest BCUT2D eigenvalue weighted by Gasteiger charge is 2.65. The number of allylic oxidation sites excluding steroid dienone is 2. The highest BCUT2D eigenvalue weighted by molar-refractivity contribution is 5.26. The fourth-order valence-electron chi connectivity index (χ4n) is 10.4. The van der Waals surface area contributed by atoms with Crippen LogP contribution in [0.2, 0.25) is 0 Å². The van der Waals surface area contributed by atoms with Gasteiger partial charge in [0.05, 0.1) is 38.1 Å². The largest absolute Gasteiger partial charge is 0.374 e. The molecule has 238 valence electrons. The highest BCUT2D eigenvalue weighted by atomic mass is 16.5. The lowest BCUT2D eigenvalue weighted by Gasteiger charge is -2.64. The molecule has 0 N–H and O–H groups in total. The third kappa shape index (κ3) is 5.97. The molecule has 3 aromatic rings. The molecule has 7 rings (SSSR count). The molecule has 0 heterocycles. The van der Waals surface area contributed by atoms with Gasteiger partial charge in [-0.25, -0.2) is 0 Å². The van der Waals surface area contributed by atoms with E-state index in [0.29, 0.717) is 43.5 Å². The molecule has 3 heteroatoms. The van der Waals surface area contributed by atoms with Gasteiger partial charge in [-0.2, -0.15) is 0 Å². The lowest BCUT2D eigenvalue weighted by molar-refractivity contribution is -0.251. The van der Waals surface area contributed by atoms with Crippen molar-refractivity contribution in [3.8, 4) is 0 Å². The summed E-state index contributed by atoms with van der Waals surface area (Å²) in [5, 5.41) is 0. The van der Waals surface area contributed by atoms with Crippen molar-refractivity contribution in [1.29, 1.82) is 0 Å². The van der Waals surface area contributed by atoms with Crippen molar-refractivity contribution in [2.24, 2.45) is 34.5 Å². The second-order valence-corrected chi connectivity index (χ2v) is 14.9. The molecule has 4 aliphatic carbocycles. The van der Waals surface area contributed by atoms with Gasteiger partial charge < -0.3 is 14.2 Å². The van der Waals surface area contributed by atoms with E-state index >= 15 is 0 Å². The smallest absolute Gasteiger partial charge is 0.0878 e. The monoisotopic (exact) mass is 604 g/mol. The van der Waals surface area contributed by atoms with Crippen LogP contribution in [0.1, 0.15) is 82.4 Å². The maximum atomic E-state index is 7.23. The Bertz CT molecular complexity index is 1420. The number of hydrogen-bond donors (Lipinski definition) is 0. The van der Waals surface area contributed by atoms with Crippen molar-refractivity contribution < 1.29 is 14.2 Å². The molecule has 45 heavy (non-hydrogen) atoms. The Labute approximate surface area is 271 Å². The predicted molar refractivity (Wildman–Crippen MR) is 181 cm³/mol. The minimum absolute atomic E-state index is 0.0281. The minimum atomic E-state index is 0.0281. The minimum Gasteiger partial charge on any atom is -0.374 e. The summed E-state index contributed by atoms with van der Waals surface area (Å²) in [6, 6.07) is 32.2. The summed E-state index contributed by atoms with van der Waals surface area (Å²) in [4.78, 5) is 0. The normalized spacial score (nSPS) is 36.7. The Balaban J connectivity index is 1.24. The highest BCUT2D eigenvalue weighted by Crippen LogP contribution is 2.68. The van der Waals surface area contributed by atoms with E-state index in [2.05, 4.69) is 118 Å². The Hall–Kier alpha value is -2.72.